The molecule has 0 spiro atoms. The Bertz CT molecular complexity index is 231. The third-order valence-corrected chi connectivity index (χ3v) is 3.33. The Balaban J connectivity index is 2.57. The number of hydrogen-bond acceptors (Lipinski definition) is 3. The highest BCUT2D eigenvalue weighted by molar-refractivity contribution is 5.76. The predicted molar refractivity (Wildman–Crippen MR) is 66.8 cm³/mol. The first-order valence-corrected chi connectivity index (χ1v) is 6.61. The van der Waals surface area contributed by atoms with Gasteiger partial charge in [0.2, 0.25) is 5.91 Å². The number of likely N-dealkylation sites (tertiary alicyclic amines) is 1. The van der Waals surface area contributed by atoms with Gasteiger partial charge in [0.25, 0.3) is 0 Å². The lowest BCUT2D eigenvalue weighted by atomic mass is 10.0. The number of nitrogens with zero attached hydrogens (tertiary/aromatic N) is 1. The van der Waals surface area contributed by atoms with Gasteiger partial charge in [0.15, 0.2) is 0 Å². The normalized spacial score (nSPS) is 23.2. The molecular weight excluding hydrogens is 218 g/mol. The molecule has 4 heteroatoms. The minimum absolute atomic E-state index is 0.166. The van der Waals surface area contributed by atoms with E-state index in [1.807, 2.05) is 4.90 Å². The Morgan fingerprint density at radius 3 is 2.88 bits per heavy atom. The number of methoxy groups -OCH3 is 1. The largest absolute Gasteiger partial charge is 0.393 e. The molecule has 0 aromatic rings. The Morgan fingerprint density at radius 2 is 2.24 bits per heavy atom. The van der Waals surface area contributed by atoms with Crippen LogP contribution in [0.3, 0.4) is 0 Å². The van der Waals surface area contributed by atoms with Gasteiger partial charge in [-0.15, -0.1) is 0 Å². The molecule has 2 unspecified atom stereocenters. The second-order valence-electron chi connectivity index (χ2n) is 4.92. The predicted octanol–water partition coefficient (Wildman–Crippen LogP) is 1.57. The average Bonchev–Trinajstić information content (AvgIpc) is 2.50. The summed E-state index contributed by atoms with van der Waals surface area (Å²) in [5.74, 6) is 0.166. The highest BCUT2D eigenvalue weighted by atomic mass is 16.5. The molecule has 1 N–H and O–H groups in total. The fraction of sp³-hybridized carbons (Fsp3) is 0.923. The number of carbonyl (C=O) groups excluding carboxylic acids is 1. The molecule has 1 rings (SSSR count). The minimum Gasteiger partial charge on any atom is -0.393 e. The Hall–Kier alpha value is -0.610. The standard InChI is InChI=1S/C13H25NO3/c1-11(15)10-12-6-4-3-5-8-14(12)13(16)7-9-17-2/h11-12,15H,3-10H2,1-2H3. The molecule has 1 heterocycles. The van der Waals surface area contributed by atoms with Crippen LogP contribution in [0.5, 0.6) is 0 Å². The number of hydrogen-bond donors (Lipinski definition) is 1. The van der Waals surface area contributed by atoms with Crippen molar-refractivity contribution in [2.24, 2.45) is 0 Å². The van der Waals surface area contributed by atoms with Crippen molar-refractivity contribution in [3.8, 4) is 0 Å². The summed E-state index contributed by atoms with van der Waals surface area (Å²) in [6.07, 6.45) is 5.25. The smallest absolute Gasteiger partial charge is 0.225 e. The van der Waals surface area contributed by atoms with Crippen LogP contribution in [-0.4, -0.2) is 48.3 Å². The lowest BCUT2D eigenvalue weighted by Gasteiger charge is -2.31. The van der Waals surface area contributed by atoms with Crippen molar-refractivity contribution in [2.75, 3.05) is 20.3 Å². The maximum absolute atomic E-state index is 12.1. The summed E-state index contributed by atoms with van der Waals surface area (Å²) in [6, 6.07) is 0.210. The molecule has 100 valence electrons. The number of aliphatic hydroxyl groups is 1. The number of rotatable bonds is 5. The lowest BCUT2D eigenvalue weighted by molar-refractivity contribution is -0.135. The first kappa shape index (κ1) is 14.5. The van der Waals surface area contributed by atoms with Gasteiger partial charge < -0.3 is 14.7 Å². The quantitative estimate of drug-likeness (QED) is 0.797. The zero-order chi connectivity index (χ0) is 12.7. The van der Waals surface area contributed by atoms with Crippen LogP contribution in [0, 0.1) is 0 Å². The molecule has 0 bridgehead atoms. The zero-order valence-electron chi connectivity index (χ0n) is 11.0. The Kier molecular flexibility index (Phi) is 6.52. The van der Waals surface area contributed by atoms with Crippen molar-refractivity contribution in [3.63, 3.8) is 0 Å². The van der Waals surface area contributed by atoms with Gasteiger partial charge in [-0.05, 0) is 26.2 Å². The maximum atomic E-state index is 12.1. The summed E-state index contributed by atoms with van der Waals surface area (Å²) in [4.78, 5) is 14.0. The fourth-order valence-corrected chi connectivity index (χ4v) is 2.48. The minimum atomic E-state index is -0.337. The average molecular weight is 243 g/mol. The fourth-order valence-electron chi connectivity index (χ4n) is 2.48. The van der Waals surface area contributed by atoms with E-state index in [2.05, 4.69) is 0 Å². The van der Waals surface area contributed by atoms with Crippen LogP contribution in [0.25, 0.3) is 0 Å². The van der Waals surface area contributed by atoms with Crippen molar-refractivity contribution in [3.05, 3.63) is 0 Å². The van der Waals surface area contributed by atoms with Crippen molar-refractivity contribution in [1.82, 2.24) is 4.90 Å². The Morgan fingerprint density at radius 1 is 1.47 bits per heavy atom. The third-order valence-electron chi connectivity index (χ3n) is 3.33. The van der Waals surface area contributed by atoms with Crippen LogP contribution < -0.4 is 0 Å². The van der Waals surface area contributed by atoms with E-state index >= 15 is 0 Å². The van der Waals surface area contributed by atoms with Crippen LogP contribution in [-0.2, 0) is 9.53 Å². The van der Waals surface area contributed by atoms with Crippen LogP contribution >= 0.6 is 0 Å². The van der Waals surface area contributed by atoms with Gasteiger partial charge in [0.1, 0.15) is 0 Å². The molecule has 1 saturated heterocycles. The molecule has 0 saturated carbocycles. The van der Waals surface area contributed by atoms with Crippen LogP contribution in [0.4, 0.5) is 0 Å². The number of aliphatic hydroxyl groups excluding tert-OH is 1. The first-order chi connectivity index (χ1) is 8.15. The molecule has 17 heavy (non-hydrogen) atoms. The molecule has 0 aromatic carbocycles. The number of ether oxygens (including phenoxy) is 1. The van der Waals surface area contributed by atoms with Crippen molar-refractivity contribution in [2.45, 2.75) is 57.6 Å². The van der Waals surface area contributed by atoms with Gasteiger partial charge in [0, 0.05) is 19.7 Å². The molecule has 4 nitrogen and oxygen atoms in total. The van der Waals surface area contributed by atoms with E-state index in [1.165, 1.54) is 6.42 Å². The second kappa shape index (κ2) is 7.67. The molecule has 1 amide bonds. The molecule has 0 aliphatic carbocycles. The van der Waals surface area contributed by atoms with Gasteiger partial charge in [-0.3, -0.25) is 4.79 Å². The van der Waals surface area contributed by atoms with Crippen LogP contribution in [0.15, 0.2) is 0 Å². The summed E-state index contributed by atoms with van der Waals surface area (Å²) < 4.78 is 4.95. The topological polar surface area (TPSA) is 49.8 Å². The summed E-state index contributed by atoms with van der Waals surface area (Å²) >= 11 is 0. The van der Waals surface area contributed by atoms with Gasteiger partial charge in [-0.25, -0.2) is 0 Å². The molecule has 0 aromatic heterocycles. The van der Waals surface area contributed by atoms with E-state index < -0.39 is 0 Å². The number of amides is 1. The first-order valence-electron chi connectivity index (χ1n) is 6.61. The summed E-state index contributed by atoms with van der Waals surface area (Å²) in [7, 11) is 1.61. The third kappa shape index (κ3) is 5.04. The lowest BCUT2D eigenvalue weighted by Crippen LogP contribution is -2.41. The molecule has 1 aliphatic rings. The van der Waals surface area contributed by atoms with Crippen LogP contribution in [0.1, 0.15) is 45.4 Å². The van der Waals surface area contributed by atoms with Gasteiger partial charge in [-0.2, -0.15) is 0 Å². The van der Waals surface area contributed by atoms with Crippen LogP contribution in [0.2, 0.25) is 0 Å². The van der Waals surface area contributed by atoms with E-state index in [0.29, 0.717) is 19.4 Å². The summed E-state index contributed by atoms with van der Waals surface area (Å²) in [6.45, 7) is 3.11. The second-order valence-corrected chi connectivity index (χ2v) is 4.92. The molecule has 1 aliphatic heterocycles. The molecule has 1 fully saturated rings. The number of carbonyl (C=O) groups is 1. The highest BCUT2D eigenvalue weighted by Crippen LogP contribution is 2.21. The Labute approximate surface area is 104 Å². The van der Waals surface area contributed by atoms with E-state index in [0.717, 1.165) is 25.8 Å². The van der Waals surface area contributed by atoms with E-state index in [4.69, 9.17) is 4.74 Å². The maximum Gasteiger partial charge on any atom is 0.225 e. The van der Waals surface area contributed by atoms with E-state index in [9.17, 15) is 9.90 Å². The van der Waals surface area contributed by atoms with E-state index in [1.54, 1.807) is 14.0 Å². The van der Waals surface area contributed by atoms with Crippen molar-refractivity contribution < 1.29 is 14.6 Å². The summed E-state index contributed by atoms with van der Waals surface area (Å²) in [5, 5.41) is 9.51. The SMILES string of the molecule is COCCC(=O)N1CCCCCC1CC(C)O. The highest BCUT2D eigenvalue weighted by Gasteiger charge is 2.25. The molecular formula is C13H25NO3. The summed E-state index contributed by atoms with van der Waals surface area (Å²) in [5.41, 5.74) is 0. The molecule has 2 atom stereocenters. The van der Waals surface area contributed by atoms with E-state index in [-0.39, 0.29) is 18.1 Å². The monoisotopic (exact) mass is 243 g/mol. The zero-order valence-corrected chi connectivity index (χ0v) is 11.0. The van der Waals surface area contributed by atoms with Gasteiger partial charge in [0.05, 0.1) is 19.1 Å². The van der Waals surface area contributed by atoms with Gasteiger partial charge >= 0.3 is 0 Å². The molecule has 0 radical (unpaired) electrons. The van der Waals surface area contributed by atoms with Crippen molar-refractivity contribution in [1.29, 1.82) is 0 Å². The van der Waals surface area contributed by atoms with Crippen molar-refractivity contribution >= 4 is 5.91 Å². The van der Waals surface area contributed by atoms with Gasteiger partial charge in [-0.1, -0.05) is 12.8 Å².